The quantitative estimate of drug-likeness (QED) is 0.943. The van der Waals surface area contributed by atoms with Crippen molar-refractivity contribution in [3.05, 3.63) is 45.9 Å². The first-order valence-corrected chi connectivity index (χ1v) is 6.09. The number of halogens is 3. The molecule has 1 unspecified atom stereocenters. The Kier molecular flexibility index (Phi) is 3.77. The Bertz CT molecular complexity index is 568. The highest BCUT2D eigenvalue weighted by atomic mass is 32.1. The summed E-state index contributed by atoms with van der Waals surface area (Å²) in [6.07, 6.45) is -4.65. The molecule has 0 bridgehead atoms. The van der Waals surface area contributed by atoms with Crippen molar-refractivity contribution in [1.29, 1.82) is 0 Å². The molecule has 0 spiro atoms. The molecule has 1 heterocycles. The summed E-state index contributed by atoms with van der Waals surface area (Å²) in [5, 5.41) is 9.13. The Morgan fingerprint density at radius 2 is 2.00 bits per heavy atom. The van der Waals surface area contributed by atoms with E-state index in [0.717, 1.165) is 6.20 Å². The van der Waals surface area contributed by atoms with Gasteiger partial charge in [0.15, 0.2) is 5.01 Å². The van der Waals surface area contributed by atoms with E-state index in [1.54, 1.807) is 24.3 Å². The van der Waals surface area contributed by atoms with Crippen LogP contribution >= 0.6 is 11.3 Å². The average Bonchev–Trinajstić information content (AvgIpc) is 2.87. The maximum Gasteiger partial charge on any atom is 0.443 e. The fourth-order valence-corrected chi connectivity index (χ4v) is 2.38. The standard InChI is InChI=1S/C12H10F3NO2S/c1-18-8-5-3-2-4-7(8)10(17)9-6-16-11(19-9)12(13,14)15/h2-6,10,17H,1H3. The molecule has 19 heavy (non-hydrogen) atoms. The molecule has 2 aromatic rings. The van der Waals surface area contributed by atoms with Gasteiger partial charge in [0.1, 0.15) is 11.9 Å². The number of ether oxygens (including phenoxy) is 1. The number of methoxy groups -OCH3 is 1. The van der Waals surface area contributed by atoms with Crippen LogP contribution in [0.25, 0.3) is 0 Å². The van der Waals surface area contributed by atoms with Gasteiger partial charge in [-0.2, -0.15) is 13.2 Å². The number of aliphatic hydroxyl groups excluding tert-OH is 1. The van der Waals surface area contributed by atoms with E-state index in [9.17, 15) is 18.3 Å². The number of hydrogen-bond acceptors (Lipinski definition) is 4. The minimum Gasteiger partial charge on any atom is -0.496 e. The molecule has 0 fully saturated rings. The number of aliphatic hydroxyl groups is 1. The van der Waals surface area contributed by atoms with Crippen molar-refractivity contribution >= 4 is 11.3 Å². The molecule has 3 nitrogen and oxygen atoms in total. The molecule has 0 radical (unpaired) electrons. The molecule has 1 N–H and O–H groups in total. The Balaban J connectivity index is 2.34. The molecular weight excluding hydrogens is 279 g/mol. The van der Waals surface area contributed by atoms with Crippen LogP contribution in [0.3, 0.4) is 0 Å². The SMILES string of the molecule is COc1ccccc1C(O)c1cnc(C(F)(F)F)s1. The third kappa shape index (κ3) is 2.87. The highest BCUT2D eigenvalue weighted by Crippen LogP contribution is 2.37. The minimum absolute atomic E-state index is 0.122. The fraction of sp³-hybridized carbons (Fsp3) is 0.250. The number of para-hydroxylation sites is 1. The second kappa shape index (κ2) is 5.18. The van der Waals surface area contributed by atoms with Gasteiger partial charge >= 0.3 is 6.18 Å². The zero-order valence-corrected chi connectivity index (χ0v) is 10.6. The van der Waals surface area contributed by atoms with Gasteiger partial charge in [-0.05, 0) is 6.07 Å². The molecule has 0 aliphatic heterocycles. The van der Waals surface area contributed by atoms with E-state index in [0.29, 0.717) is 22.6 Å². The first-order chi connectivity index (χ1) is 8.93. The molecule has 2 rings (SSSR count). The molecule has 0 saturated carbocycles. The number of alkyl halides is 3. The normalized spacial score (nSPS) is 13.3. The summed E-state index contributed by atoms with van der Waals surface area (Å²) < 4.78 is 42.4. The lowest BCUT2D eigenvalue weighted by molar-refractivity contribution is -0.137. The summed E-state index contributed by atoms with van der Waals surface area (Å²) in [4.78, 5) is 3.40. The van der Waals surface area contributed by atoms with Crippen molar-refractivity contribution in [2.24, 2.45) is 0 Å². The first-order valence-electron chi connectivity index (χ1n) is 5.27. The topological polar surface area (TPSA) is 42.4 Å². The van der Waals surface area contributed by atoms with Gasteiger partial charge in [0.2, 0.25) is 0 Å². The van der Waals surface area contributed by atoms with Gasteiger partial charge in [-0.3, -0.25) is 0 Å². The second-order valence-corrected chi connectivity index (χ2v) is 4.77. The van der Waals surface area contributed by atoms with Crippen molar-refractivity contribution in [2.45, 2.75) is 12.3 Å². The molecule has 7 heteroatoms. The Morgan fingerprint density at radius 1 is 1.32 bits per heavy atom. The van der Waals surface area contributed by atoms with Gasteiger partial charge in [-0.15, -0.1) is 11.3 Å². The molecule has 0 saturated heterocycles. The summed E-state index contributed by atoms with van der Waals surface area (Å²) in [5.41, 5.74) is 0.405. The average molecular weight is 289 g/mol. The van der Waals surface area contributed by atoms with Crippen LogP contribution in [0.2, 0.25) is 0 Å². The second-order valence-electron chi connectivity index (χ2n) is 3.71. The van der Waals surface area contributed by atoms with Crippen LogP contribution in [0.4, 0.5) is 13.2 Å². The van der Waals surface area contributed by atoms with Crippen molar-refractivity contribution in [1.82, 2.24) is 4.98 Å². The molecular formula is C12H10F3NO2S. The minimum atomic E-state index is -4.50. The van der Waals surface area contributed by atoms with Crippen molar-refractivity contribution in [2.75, 3.05) is 7.11 Å². The zero-order valence-electron chi connectivity index (χ0n) is 9.81. The van der Waals surface area contributed by atoms with Crippen LogP contribution in [0, 0.1) is 0 Å². The van der Waals surface area contributed by atoms with Crippen molar-refractivity contribution < 1.29 is 23.0 Å². The van der Waals surface area contributed by atoms with Crippen molar-refractivity contribution in [3.63, 3.8) is 0 Å². The fourth-order valence-electron chi connectivity index (χ4n) is 1.59. The summed E-state index contributed by atoms with van der Waals surface area (Å²) >= 11 is 0.420. The Hall–Kier alpha value is -1.60. The highest BCUT2D eigenvalue weighted by molar-refractivity contribution is 7.11. The van der Waals surface area contributed by atoms with E-state index in [2.05, 4.69) is 4.98 Å². The third-order valence-corrected chi connectivity index (χ3v) is 3.56. The number of aromatic nitrogens is 1. The maximum atomic E-state index is 12.5. The van der Waals surface area contributed by atoms with Crippen LogP contribution < -0.4 is 4.74 Å². The number of rotatable bonds is 3. The van der Waals surface area contributed by atoms with E-state index in [-0.39, 0.29) is 4.88 Å². The molecule has 102 valence electrons. The highest BCUT2D eigenvalue weighted by Gasteiger charge is 2.35. The lowest BCUT2D eigenvalue weighted by atomic mass is 10.1. The van der Waals surface area contributed by atoms with E-state index in [1.807, 2.05) is 0 Å². The van der Waals surface area contributed by atoms with Gasteiger partial charge in [-0.1, -0.05) is 18.2 Å². The molecule has 0 aliphatic carbocycles. The maximum absolute atomic E-state index is 12.5. The lowest BCUT2D eigenvalue weighted by Crippen LogP contribution is -2.03. The predicted molar refractivity (Wildman–Crippen MR) is 64.2 cm³/mol. The molecule has 0 aliphatic rings. The monoisotopic (exact) mass is 289 g/mol. The van der Waals surface area contributed by atoms with Crippen LogP contribution in [0.5, 0.6) is 5.75 Å². The Morgan fingerprint density at radius 3 is 2.58 bits per heavy atom. The van der Waals surface area contributed by atoms with Gasteiger partial charge in [0.05, 0.1) is 12.0 Å². The largest absolute Gasteiger partial charge is 0.496 e. The summed E-state index contributed by atoms with van der Waals surface area (Å²) in [7, 11) is 1.43. The molecule has 1 atom stereocenters. The molecule has 0 amide bonds. The molecule has 1 aromatic carbocycles. The summed E-state index contributed by atoms with van der Waals surface area (Å²) in [6.45, 7) is 0. The van der Waals surface area contributed by atoms with E-state index in [1.165, 1.54) is 7.11 Å². The number of hydrogen-bond donors (Lipinski definition) is 1. The number of nitrogens with zero attached hydrogens (tertiary/aromatic N) is 1. The van der Waals surface area contributed by atoms with E-state index >= 15 is 0 Å². The summed E-state index contributed by atoms with van der Waals surface area (Å²) in [5.74, 6) is 0.414. The first kappa shape index (κ1) is 13.8. The number of benzene rings is 1. The van der Waals surface area contributed by atoms with Crippen molar-refractivity contribution in [3.8, 4) is 5.75 Å². The van der Waals surface area contributed by atoms with Crippen LogP contribution in [0.15, 0.2) is 30.5 Å². The van der Waals surface area contributed by atoms with Gasteiger partial charge in [-0.25, -0.2) is 4.98 Å². The van der Waals surface area contributed by atoms with Gasteiger partial charge in [0, 0.05) is 11.8 Å². The van der Waals surface area contributed by atoms with Crippen LogP contribution in [0.1, 0.15) is 21.6 Å². The zero-order chi connectivity index (χ0) is 14.0. The molecule has 1 aromatic heterocycles. The van der Waals surface area contributed by atoms with Crippen LogP contribution in [-0.4, -0.2) is 17.2 Å². The third-order valence-electron chi connectivity index (χ3n) is 2.47. The summed E-state index contributed by atoms with van der Waals surface area (Å²) in [6, 6.07) is 6.61. The number of thiazole rings is 1. The van der Waals surface area contributed by atoms with Crippen LogP contribution in [-0.2, 0) is 6.18 Å². The van der Waals surface area contributed by atoms with E-state index in [4.69, 9.17) is 4.74 Å². The smallest absolute Gasteiger partial charge is 0.443 e. The van der Waals surface area contributed by atoms with Gasteiger partial charge in [0.25, 0.3) is 0 Å². The van der Waals surface area contributed by atoms with E-state index < -0.39 is 17.3 Å². The predicted octanol–water partition coefficient (Wildman–Crippen LogP) is 3.25. The Labute approximate surface area is 111 Å². The lowest BCUT2D eigenvalue weighted by Gasteiger charge is -2.12. The van der Waals surface area contributed by atoms with Gasteiger partial charge < -0.3 is 9.84 Å².